The smallest absolute Gasteiger partial charge is 0.227 e. The summed E-state index contributed by atoms with van der Waals surface area (Å²) >= 11 is 0. The minimum Gasteiger partial charge on any atom is -0.311 e. The van der Waals surface area contributed by atoms with Gasteiger partial charge in [-0.2, -0.15) is 0 Å². The third-order valence-electron chi connectivity index (χ3n) is 4.52. The standard InChI is InChI=1S/C20H24N2O/c1-21(2)14-15-22-19-11-7-6-10-18(19)17(12-13-20(22)23)16-8-4-3-5-9-16/h3-11,17H,12-15H2,1-2H3/t17-/m1/s1. The van der Waals surface area contributed by atoms with E-state index in [4.69, 9.17) is 0 Å². The molecule has 23 heavy (non-hydrogen) atoms. The molecule has 120 valence electrons. The molecule has 0 radical (unpaired) electrons. The second-order valence-corrected chi connectivity index (χ2v) is 6.41. The van der Waals surface area contributed by atoms with Gasteiger partial charge in [0.05, 0.1) is 0 Å². The van der Waals surface area contributed by atoms with Gasteiger partial charge in [0.15, 0.2) is 0 Å². The molecule has 0 fully saturated rings. The first-order valence-corrected chi connectivity index (χ1v) is 8.26. The second-order valence-electron chi connectivity index (χ2n) is 6.41. The molecule has 0 N–H and O–H groups in total. The van der Waals surface area contributed by atoms with Crippen LogP contribution in [0.25, 0.3) is 0 Å². The Morgan fingerprint density at radius 1 is 1.04 bits per heavy atom. The molecule has 1 aliphatic heterocycles. The molecular weight excluding hydrogens is 284 g/mol. The Kier molecular flexibility index (Phi) is 4.77. The first-order valence-electron chi connectivity index (χ1n) is 8.26. The topological polar surface area (TPSA) is 23.6 Å². The highest BCUT2D eigenvalue weighted by atomic mass is 16.2. The van der Waals surface area contributed by atoms with Gasteiger partial charge in [-0.25, -0.2) is 0 Å². The Bertz CT molecular complexity index is 666. The van der Waals surface area contributed by atoms with Gasteiger partial charge in [-0.3, -0.25) is 4.79 Å². The van der Waals surface area contributed by atoms with E-state index in [-0.39, 0.29) is 5.91 Å². The fourth-order valence-corrected chi connectivity index (χ4v) is 3.30. The fraction of sp³-hybridized carbons (Fsp3) is 0.350. The summed E-state index contributed by atoms with van der Waals surface area (Å²) in [6.45, 7) is 1.61. The van der Waals surface area contributed by atoms with Crippen LogP contribution in [-0.2, 0) is 4.79 Å². The average Bonchev–Trinajstić information content (AvgIpc) is 2.70. The molecule has 0 aromatic heterocycles. The minimum atomic E-state index is 0.234. The molecule has 0 spiro atoms. The molecule has 3 rings (SSSR count). The predicted octanol–water partition coefficient (Wildman–Crippen LogP) is 3.51. The van der Waals surface area contributed by atoms with Crippen molar-refractivity contribution in [1.29, 1.82) is 0 Å². The Morgan fingerprint density at radius 3 is 2.48 bits per heavy atom. The van der Waals surface area contributed by atoms with Crippen molar-refractivity contribution < 1.29 is 4.79 Å². The first kappa shape index (κ1) is 15.8. The van der Waals surface area contributed by atoms with Crippen LogP contribution in [0.5, 0.6) is 0 Å². The van der Waals surface area contributed by atoms with Crippen molar-refractivity contribution in [2.45, 2.75) is 18.8 Å². The molecule has 0 unspecified atom stereocenters. The van der Waals surface area contributed by atoms with Crippen molar-refractivity contribution in [3.8, 4) is 0 Å². The van der Waals surface area contributed by atoms with Gasteiger partial charge in [0.25, 0.3) is 0 Å². The lowest BCUT2D eigenvalue weighted by atomic mass is 9.87. The van der Waals surface area contributed by atoms with E-state index < -0.39 is 0 Å². The van der Waals surface area contributed by atoms with Crippen LogP contribution in [0.15, 0.2) is 54.6 Å². The molecule has 2 aromatic carbocycles. The Morgan fingerprint density at radius 2 is 1.74 bits per heavy atom. The monoisotopic (exact) mass is 308 g/mol. The number of carbonyl (C=O) groups excluding carboxylic acids is 1. The lowest BCUT2D eigenvalue weighted by Gasteiger charge is -2.25. The molecule has 1 heterocycles. The summed E-state index contributed by atoms with van der Waals surface area (Å²) in [4.78, 5) is 16.8. The first-order chi connectivity index (χ1) is 11.2. The number of nitrogens with zero attached hydrogens (tertiary/aromatic N) is 2. The number of hydrogen-bond donors (Lipinski definition) is 0. The van der Waals surface area contributed by atoms with Crippen LogP contribution in [-0.4, -0.2) is 38.0 Å². The number of carbonyl (C=O) groups is 1. The van der Waals surface area contributed by atoms with E-state index >= 15 is 0 Å². The third kappa shape index (κ3) is 3.45. The maximum absolute atomic E-state index is 12.7. The highest BCUT2D eigenvalue weighted by Gasteiger charge is 2.28. The quantitative estimate of drug-likeness (QED) is 0.863. The van der Waals surface area contributed by atoms with Crippen LogP contribution >= 0.6 is 0 Å². The number of hydrogen-bond acceptors (Lipinski definition) is 2. The normalized spacial score (nSPS) is 18.0. The summed E-state index contributed by atoms with van der Waals surface area (Å²) in [5.41, 5.74) is 3.64. The van der Waals surface area contributed by atoms with Crippen LogP contribution in [0.4, 0.5) is 5.69 Å². The second kappa shape index (κ2) is 6.97. The number of rotatable bonds is 4. The van der Waals surface area contributed by atoms with Gasteiger partial charge < -0.3 is 9.80 Å². The molecular formula is C20H24N2O. The molecule has 2 aromatic rings. The summed E-state index contributed by atoms with van der Waals surface area (Å²) in [5.74, 6) is 0.526. The van der Waals surface area contributed by atoms with E-state index in [1.807, 2.05) is 31.1 Å². The lowest BCUT2D eigenvalue weighted by Crippen LogP contribution is -2.36. The minimum absolute atomic E-state index is 0.234. The summed E-state index contributed by atoms with van der Waals surface area (Å²) in [5, 5.41) is 0. The van der Waals surface area contributed by atoms with Crippen LogP contribution in [0.1, 0.15) is 29.9 Å². The van der Waals surface area contributed by atoms with Gasteiger partial charge in [-0.05, 0) is 37.7 Å². The zero-order valence-electron chi connectivity index (χ0n) is 13.9. The van der Waals surface area contributed by atoms with E-state index in [0.717, 1.165) is 25.2 Å². The summed E-state index contributed by atoms with van der Waals surface area (Å²) in [6.07, 6.45) is 1.47. The maximum atomic E-state index is 12.7. The number of fused-ring (bicyclic) bond motifs is 1. The Balaban J connectivity index is 2.00. The Labute approximate surface area is 138 Å². The van der Waals surface area contributed by atoms with Crippen LogP contribution in [0.2, 0.25) is 0 Å². The molecule has 1 atom stereocenters. The van der Waals surface area contributed by atoms with Gasteiger partial charge in [0.2, 0.25) is 5.91 Å². The van der Waals surface area contributed by atoms with E-state index in [2.05, 4.69) is 47.4 Å². The fourth-order valence-electron chi connectivity index (χ4n) is 3.30. The van der Waals surface area contributed by atoms with Gasteiger partial charge in [0, 0.05) is 31.1 Å². The summed E-state index contributed by atoms with van der Waals surface area (Å²) in [7, 11) is 4.09. The number of anilines is 1. The van der Waals surface area contributed by atoms with E-state index in [1.165, 1.54) is 11.1 Å². The molecule has 0 saturated carbocycles. The zero-order valence-corrected chi connectivity index (χ0v) is 13.9. The van der Waals surface area contributed by atoms with Gasteiger partial charge in [-0.15, -0.1) is 0 Å². The van der Waals surface area contributed by atoms with Crippen molar-refractivity contribution in [2.75, 3.05) is 32.1 Å². The largest absolute Gasteiger partial charge is 0.311 e. The van der Waals surface area contributed by atoms with E-state index in [9.17, 15) is 4.79 Å². The van der Waals surface area contributed by atoms with Crippen molar-refractivity contribution >= 4 is 11.6 Å². The highest BCUT2D eigenvalue weighted by molar-refractivity contribution is 5.95. The number of likely N-dealkylation sites (N-methyl/N-ethyl adjacent to an activating group) is 1. The molecule has 0 saturated heterocycles. The van der Waals surface area contributed by atoms with E-state index in [0.29, 0.717) is 12.3 Å². The summed E-state index contributed by atoms with van der Waals surface area (Å²) in [6, 6.07) is 18.9. The van der Waals surface area contributed by atoms with Crippen molar-refractivity contribution in [1.82, 2.24) is 4.90 Å². The van der Waals surface area contributed by atoms with Crippen molar-refractivity contribution in [2.24, 2.45) is 0 Å². The van der Waals surface area contributed by atoms with E-state index in [1.54, 1.807) is 0 Å². The third-order valence-corrected chi connectivity index (χ3v) is 4.52. The molecule has 3 nitrogen and oxygen atoms in total. The molecule has 1 amide bonds. The molecule has 3 heteroatoms. The van der Waals surface area contributed by atoms with Gasteiger partial charge >= 0.3 is 0 Å². The zero-order chi connectivity index (χ0) is 16.2. The van der Waals surface area contributed by atoms with Crippen LogP contribution in [0, 0.1) is 0 Å². The van der Waals surface area contributed by atoms with Crippen molar-refractivity contribution in [3.05, 3.63) is 65.7 Å². The molecule has 1 aliphatic rings. The highest BCUT2D eigenvalue weighted by Crippen LogP contribution is 2.38. The summed E-state index contributed by atoms with van der Waals surface area (Å²) < 4.78 is 0. The molecule has 0 bridgehead atoms. The van der Waals surface area contributed by atoms with Crippen molar-refractivity contribution in [3.63, 3.8) is 0 Å². The lowest BCUT2D eigenvalue weighted by molar-refractivity contribution is -0.118. The number of amides is 1. The van der Waals surface area contributed by atoms with Gasteiger partial charge in [-0.1, -0.05) is 48.5 Å². The molecule has 0 aliphatic carbocycles. The van der Waals surface area contributed by atoms with Crippen LogP contribution < -0.4 is 4.90 Å². The number of benzene rings is 2. The van der Waals surface area contributed by atoms with Gasteiger partial charge in [0.1, 0.15) is 0 Å². The number of para-hydroxylation sites is 1. The average molecular weight is 308 g/mol. The maximum Gasteiger partial charge on any atom is 0.227 e. The SMILES string of the molecule is CN(C)CCN1C(=O)CC[C@H](c2ccccc2)c2ccccc21. The predicted molar refractivity (Wildman–Crippen MR) is 94.9 cm³/mol. The Hall–Kier alpha value is -2.13. The van der Waals surface area contributed by atoms with Crippen LogP contribution in [0.3, 0.4) is 0 Å².